The van der Waals surface area contributed by atoms with E-state index in [0.29, 0.717) is 11.5 Å². The van der Waals surface area contributed by atoms with Gasteiger partial charge in [-0.1, -0.05) is 18.2 Å². The second kappa shape index (κ2) is 8.99. The molecule has 0 saturated heterocycles. The molecule has 3 N–H and O–H groups in total. The standard InChI is InChI=1S/C21H28N2O3/c24-20(25)10-3-15-1-8-19(9-2-15)23-21(26)18-6-4-16(5-7-18)17-11-13-22-14-12-17/h4-7,11,15,19,22H,1-3,8-10,12-14H2,(H,23,26)(H,24,25). The largest absolute Gasteiger partial charge is 0.481 e. The number of hydrogen-bond donors (Lipinski definition) is 3. The van der Waals surface area contributed by atoms with E-state index in [1.807, 2.05) is 24.3 Å². The lowest BCUT2D eigenvalue weighted by molar-refractivity contribution is -0.137. The number of carboxylic acid groups (broad SMARTS) is 1. The molecule has 0 unspecified atom stereocenters. The zero-order chi connectivity index (χ0) is 18.4. The predicted octanol–water partition coefficient (Wildman–Crippen LogP) is 3.22. The Kier molecular flexibility index (Phi) is 6.45. The molecular weight excluding hydrogens is 328 g/mol. The molecule has 5 nitrogen and oxygen atoms in total. The van der Waals surface area contributed by atoms with Crippen LogP contribution in [0.25, 0.3) is 5.57 Å². The normalized spacial score (nSPS) is 23.2. The van der Waals surface area contributed by atoms with Gasteiger partial charge in [-0.3, -0.25) is 9.59 Å². The van der Waals surface area contributed by atoms with Gasteiger partial charge in [0.2, 0.25) is 0 Å². The highest BCUT2D eigenvalue weighted by atomic mass is 16.4. The molecule has 140 valence electrons. The van der Waals surface area contributed by atoms with E-state index < -0.39 is 5.97 Å². The smallest absolute Gasteiger partial charge is 0.303 e. The third kappa shape index (κ3) is 5.18. The predicted molar refractivity (Wildman–Crippen MR) is 102 cm³/mol. The van der Waals surface area contributed by atoms with Gasteiger partial charge in [-0.05, 0) is 74.3 Å². The second-order valence-corrected chi connectivity index (χ2v) is 7.38. The molecule has 1 aromatic rings. The summed E-state index contributed by atoms with van der Waals surface area (Å²) in [4.78, 5) is 23.2. The Bertz CT molecular complexity index is 658. The Morgan fingerprint density at radius 1 is 1.12 bits per heavy atom. The molecule has 0 aromatic heterocycles. The molecule has 0 spiro atoms. The lowest BCUT2D eigenvalue weighted by Crippen LogP contribution is -2.37. The van der Waals surface area contributed by atoms with E-state index >= 15 is 0 Å². The van der Waals surface area contributed by atoms with Crippen LogP contribution in [0.4, 0.5) is 0 Å². The molecule has 0 radical (unpaired) electrons. The number of aliphatic carboxylic acids is 1. The zero-order valence-corrected chi connectivity index (χ0v) is 15.2. The molecule has 1 aliphatic carbocycles. The Hall–Kier alpha value is -2.14. The molecule has 1 fully saturated rings. The van der Waals surface area contributed by atoms with Crippen molar-refractivity contribution in [1.29, 1.82) is 0 Å². The van der Waals surface area contributed by atoms with E-state index in [1.165, 1.54) is 11.1 Å². The lowest BCUT2D eigenvalue weighted by atomic mass is 9.83. The molecule has 1 aliphatic heterocycles. The summed E-state index contributed by atoms with van der Waals surface area (Å²) in [6, 6.07) is 8.09. The van der Waals surface area contributed by atoms with Crippen LogP contribution in [-0.2, 0) is 4.79 Å². The minimum absolute atomic E-state index is 0.00942. The number of rotatable bonds is 6. The molecule has 1 heterocycles. The van der Waals surface area contributed by atoms with Crippen LogP contribution in [0.2, 0.25) is 0 Å². The second-order valence-electron chi connectivity index (χ2n) is 7.38. The summed E-state index contributed by atoms with van der Waals surface area (Å²) in [6.07, 6.45) is 8.11. The van der Waals surface area contributed by atoms with Gasteiger partial charge in [-0.25, -0.2) is 0 Å². The average Bonchev–Trinajstić information content (AvgIpc) is 2.68. The SMILES string of the molecule is O=C(O)CCC1CCC(NC(=O)c2ccc(C3=CCNCC3)cc2)CC1. The molecule has 26 heavy (non-hydrogen) atoms. The molecule has 5 heteroatoms. The van der Waals surface area contributed by atoms with E-state index in [0.717, 1.165) is 51.6 Å². The van der Waals surface area contributed by atoms with Gasteiger partial charge in [0.1, 0.15) is 0 Å². The van der Waals surface area contributed by atoms with E-state index in [-0.39, 0.29) is 18.4 Å². The maximum absolute atomic E-state index is 12.5. The van der Waals surface area contributed by atoms with Crippen LogP contribution in [0.15, 0.2) is 30.3 Å². The van der Waals surface area contributed by atoms with Gasteiger partial charge in [0, 0.05) is 24.6 Å². The fourth-order valence-corrected chi connectivity index (χ4v) is 3.91. The van der Waals surface area contributed by atoms with Crippen molar-refractivity contribution in [2.45, 2.75) is 51.0 Å². The number of nitrogens with one attached hydrogen (secondary N) is 2. The van der Waals surface area contributed by atoms with Crippen LogP contribution < -0.4 is 10.6 Å². The van der Waals surface area contributed by atoms with E-state index in [2.05, 4.69) is 16.7 Å². The van der Waals surface area contributed by atoms with Crippen molar-refractivity contribution < 1.29 is 14.7 Å². The summed E-state index contributed by atoms with van der Waals surface area (Å²) in [5.74, 6) is -0.245. The average molecular weight is 356 g/mol. The summed E-state index contributed by atoms with van der Waals surface area (Å²) >= 11 is 0. The maximum atomic E-state index is 12.5. The van der Waals surface area contributed by atoms with Crippen molar-refractivity contribution in [1.82, 2.24) is 10.6 Å². The van der Waals surface area contributed by atoms with Gasteiger partial charge >= 0.3 is 5.97 Å². The number of carbonyl (C=O) groups is 2. The first-order chi connectivity index (χ1) is 12.6. The number of benzene rings is 1. The van der Waals surface area contributed by atoms with Crippen molar-refractivity contribution in [2.24, 2.45) is 5.92 Å². The Morgan fingerprint density at radius 3 is 2.46 bits per heavy atom. The number of carbonyl (C=O) groups excluding carboxylic acids is 1. The van der Waals surface area contributed by atoms with E-state index in [9.17, 15) is 9.59 Å². The van der Waals surface area contributed by atoms with Gasteiger partial charge in [0.25, 0.3) is 5.91 Å². The van der Waals surface area contributed by atoms with Gasteiger partial charge in [0.15, 0.2) is 0 Å². The Balaban J connectivity index is 1.48. The molecule has 2 aliphatic rings. The third-order valence-corrected chi connectivity index (χ3v) is 5.53. The minimum Gasteiger partial charge on any atom is -0.481 e. The highest BCUT2D eigenvalue weighted by Crippen LogP contribution is 2.28. The molecular formula is C21H28N2O3. The van der Waals surface area contributed by atoms with Crippen molar-refractivity contribution in [3.8, 4) is 0 Å². The van der Waals surface area contributed by atoms with Crippen LogP contribution >= 0.6 is 0 Å². The van der Waals surface area contributed by atoms with Crippen molar-refractivity contribution in [3.05, 3.63) is 41.5 Å². The van der Waals surface area contributed by atoms with Crippen LogP contribution in [0.1, 0.15) is 60.9 Å². The summed E-state index contributed by atoms with van der Waals surface area (Å²) in [7, 11) is 0. The topological polar surface area (TPSA) is 78.4 Å². The minimum atomic E-state index is -0.718. The van der Waals surface area contributed by atoms with Crippen LogP contribution in [0.5, 0.6) is 0 Å². The van der Waals surface area contributed by atoms with Gasteiger partial charge in [-0.2, -0.15) is 0 Å². The van der Waals surface area contributed by atoms with Crippen molar-refractivity contribution in [2.75, 3.05) is 13.1 Å². The molecule has 0 atom stereocenters. The fraction of sp³-hybridized carbons (Fsp3) is 0.524. The highest BCUT2D eigenvalue weighted by Gasteiger charge is 2.23. The molecule has 1 saturated carbocycles. The van der Waals surface area contributed by atoms with Crippen molar-refractivity contribution in [3.63, 3.8) is 0 Å². The first kappa shape index (κ1) is 18.6. The highest BCUT2D eigenvalue weighted by molar-refractivity contribution is 5.94. The maximum Gasteiger partial charge on any atom is 0.303 e. The molecule has 1 amide bonds. The lowest BCUT2D eigenvalue weighted by Gasteiger charge is -2.28. The zero-order valence-electron chi connectivity index (χ0n) is 15.2. The third-order valence-electron chi connectivity index (χ3n) is 5.53. The van der Waals surface area contributed by atoms with Gasteiger partial charge in [-0.15, -0.1) is 0 Å². The van der Waals surface area contributed by atoms with Crippen LogP contribution in [-0.4, -0.2) is 36.1 Å². The van der Waals surface area contributed by atoms with Crippen LogP contribution in [0, 0.1) is 5.92 Å². The summed E-state index contributed by atoms with van der Waals surface area (Å²) in [5, 5.41) is 15.2. The van der Waals surface area contributed by atoms with Crippen molar-refractivity contribution >= 4 is 17.4 Å². The first-order valence-corrected chi connectivity index (χ1v) is 9.64. The number of carboxylic acids is 1. The van der Waals surface area contributed by atoms with Gasteiger partial charge in [0.05, 0.1) is 0 Å². The summed E-state index contributed by atoms with van der Waals surface area (Å²) in [5.41, 5.74) is 3.24. The quantitative estimate of drug-likeness (QED) is 0.731. The van der Waals surface area contributed by atoms with E-state index in [4.69, 9.17) is 5.11 Å². The summed E-state index contributed by atoms with van der Waals surface area (Å²) < 4.78 is 0. The number of amides is 1. The van der Waals surface area contributed by atoms with Gasteiger partial charge < -0.3 is 15.7 Å². The molecule has 0 bridgehead atoms. The van der Waals surface area contributed by atoms with E-state index in [1.54, 1.807) is 0 Å². The Labute approximate surface area is 154 Å². The van der Waals surface area contributed by atoms with Crippen LogP contribution in [0.3, 0.4) is 0 Å². The molecule has 1 aromatic carbocycles. The number of hydrogen-bond acceptors (Lipinski definition) is 3. The molecule has 3 rings (SSSR count). The Morgan fingerprint density at radius 2 is 1.85 bits per heavy atom. The fourth-order valence-electron chi connectivity index (χ4n) is 3.91. The first-order valence-electron chi connectivity index (χ1n) is 9.64. The monoisotopic (exact) mass is 356 g/mol. The summed E-state index contributed by atoms with van der Waals surface area (Å²) in [6.45, 7) is 1.91.